The van der Waals surface area contributed by atoms with Crippen LogP contribution < -0.4 is 5.32 Å². The first kappa shape index (κ1) is 13.4. The summed E-state index contributed by atoms with van der Waals surface area (Å²) in [6, 6.07) is 0.198. The number of rotatable bonds is 6. The molecule has 0 fully saturated rings. The molecule has 0 aliphatic rings. The third-order valence-corrected chi connectivity index (χ3v) is 2.49. The predicted octanol–water partition coefficient (Wildman–Crippen LogP) is 2.15. The Morgan fingerprint density at radius 3 is 2.88 bits per heavy atom. The van der Waals surface area contributed by atoms with Crippen LogP contribution in [0.5, 0.6) is 0 Å². The fraction of sp³-hybridized carbons (Fsp3) is 0.583. The molecule has 0 bridgehead atoms. The fourth-order valence-corrected chi connectivity index (χ4v) is 1.54. The minimum atomic E-state index is -0.747. The number of hydrogen-bond acceptors (Lipinski definition) is 4. The topological polar surface area (TPSA) is 75.1 Å². The Labute approximate surface area is 101 Å². The van der Waals surface area contributed by atoms with Gasteiger partial charge in [0.1, 0.15) is 5.82 Å². The third kappa shape index (κ3) is 4.80. The number of carboxylic acid groups (broad SMARTS) is 1. The summed E-state index contributed by atoms with van der Waals surface area (Å²) in [4.78, 5) is 19.0. The molecular weight excluding hydrogens is 218 g/mol. The molecule has 0 aromatic carbocycles. The lowest BCUT2D eigenvalue weighted by atomic mass is 10.1. The number of carbonyl (C=O) groups is 1. The first-order chi connectivity index (χ1) is 7.99. The zero-order valence-corrected chi connectivity index (χ0v) is 10.5. The van der Waals surface area contributed by atoms with Gasteiger partial charge in [-0.2, -0.15) is 0 Å². The van der Waals surface area contributed by atoms with Crippen LogP contribution in [0.4, 0.5) is 5.82 Å². The number of aryl methyl sites for hydroxylation is 2. The summed E-state index contributed by atoms with van der Waals surface area (Å²) in [6.07, 6.45) is 3.42. The molecule has 5 heteroatoms. The lowest BCUT2D eigenvalue weighted by Crippen LogP contribution is -2.17. The van der Waals surface area contributed by atoms with Gasteiger partial charge in [0.2, 0.25) is 0 Å². The molecule has 17 heavy (non-hydrogen) atoms. The van der Waals surface area contributed by atoms with Crippen LogP contribution >= 0.6 is 0 Å². The van der Waals surface area contributed by atoms with Crippen molar-refractivity contribution in [3.05, 3.63) is 17.6 Å². The van der Waals surface area contributed by atoms with E-state index in [0.29, 0.717) is 6.42 Å². The molecule has 5 nitrogen and oxygen atoms in total. The highest BCUT2D eigenvalue weighted by molar-refractivity contribution is 5.66. The van der Waals surface area contributed by atoms with Crippen LogP contribution in [0, 0.1) is 13.8 Å². The number of aromatic nitrogens is 2. The Kier molecular flexibility index (Phi) is 4.87. The van der Waals surface area contributed by atoms with E-state index in [-0.39, 0.29) is 12.5 Å². The van der Waals surface area contributed by atoms with Crippen molar-refractivity contribution in [1.82, 2.24) is 9.97 Å². The van der Waals surface area contributed by atoms with Gasteiger partial charge >= 0.3 is 5.97 Å². The lowest BCUT2D eigenvalue weighted by molar-refractivity contribution is -0.137. The van der Waals surface area contributed by atoms with E-state index >= 15 is 0 Å². The maximum atomic E-state index is 10.4. The fourth-order valence-electron chi connectivity index (χ4n) is 1.54. The minimum absolute atomic E-state index is 0.198. The van der Waals surface area contributed by atoms with Crippen LogP contribution in [0.2, 0.25) is 0 Å². The monoisotopic (exact) mass is 237 g/mol. The first-order valence-corrected chi connectivity index (χ1v) is 5.77. The van der Waals surface area contributed by atoms with Gasteiger partial charge in [0.25, 0.3) is 0 Å². The van der Waals surface area contributed by atoms with Crippen LogP contribution in [0.25, 0.3) is 0 Å². The molecule has 0 aliphatic carbocycles. The third-order valence-electron chi connectivity index (χ3n) is 2.49. The number of carboxylic acids is 1. The Hall–Kier alpha value is -1.65. The van der Waals surface area contributed by atoms with E-state index in [1.807, 2.05) is 20.8 Å². The van der Waals surface area contributed by atoms with Gasteiger partial charge < -0.3 is 10.4 Å². The van der Waals surface area contributed by atoms with E-state index in [2.05, 4.69) is 15.3 Å². The van der Waals surface area contributed by atoms with E-state index < -0.39 is 5.97 Å². The second-order valence-electron chi connectivity index (χ2n) is 4.28. The summed E-state index contributed by atoms with van der Waals surface area (Å²) < 4.78 is 0. The standard InChI is InChI=1S/C12H19N3O2/c1-8(5-4-6-11(16)17)14-12-10(3)13-7-9(2)15-12/h7-8H,4-6H2,1-3H3,(H,14,15)(H,16,17). The van der Waals surface area contributed by atoms with Gasteiger partial charge in [-0.25, -0.2) is 4.98 Å². The van der Waals surface area contributed by atoms with Gasteiger partial charge in [0, 0.05) is 18.7 Å². The van der Waals surface area contributed by atoms with Crippen molar-refractivity contribution in [2.24, 2.45) is 0 Å². The normalized spacial score (nSPS) is 12.2. The van der Waals surface area contributed by atoms with E-state index in [0.717, 1.165) is 23.6 Å². The summed E-state index contributed by atoms with van der Waals surface area (Å²) >= 11 is 0. The van der Waals surface area contributed by atoms with Crippen LogP contribution in [0.3, 0.4) is 0 Å². The van der Waals surface area contributed by atoms with E-state index in [9.17, 15) is 4.79 Å². The van der Waals surface area contributed by atoms with Gasteiger partial charge in [-0.05, 0) is 33.6 Å². The Morgan fingerprint density at radius 2 is 2.24 bits per heavy atom. The molecular formula is C12H19N3O2. The van der Waals surface area contributed by atoms with Gasteiger partial charge in [0.05, 0.1) is 11.4 Å². The maximum absolute atomic E-state index is 10.4. The van der Waals surface area contributed by atoms with Crippen LogP contribution in [0.1, 0.15) is 37.6 Å². The molecule has 0 saturated carbocycles. The molecule has 0 amide bonds. The molecule has 0 aliphatic heterocycles. The number of hydrogen-bond donors (Lipinski definition) is 2. The van der Waals surface area contributed by atoms with Crippen molar-refractivity contribution in [3.8, 4) is 0 Å². The summed E-state index contributed by atoms with van der Waals surface area (Å²) in [6.45, 7) is 5.82. The van der Waals surface area contributed by atoms with Crippen molar-refractivity contribution in [1.29, 1.82) is 0 Å². The van der Waals surface area contributed by atoms with Gasteiger partial charge in [-0.3, -0.25) is 9.78 Å². The van der Waals surface area contributed by atoms with Crippen molar-refractivity contribution in [2.75, 3.05) is 5.32 Å². The average molecular weight is 237 g/mol. The molecule has 1 aromatic heterocycles. The van der Waals surface area contributed by atoms with E-state index in [1.165, 1.54) is 0 Å². The summed E-state index contributed by atoms with van der Waals surface area (Å²) in [7, 11) is 0. The number of aliphatic carboxylic acids is 1. The Balaban J connectivity index is 2.47. The molecule has 1 atom stereocenters. The molecule has 1 unspecified atom stereocenters. The van der Waals surface area contributed by atoms with Crippen molar-refractivity contribution in [3.63, 3.8) is 0 Å². The number of anilines is 1. The Bertz CT molecular complexity index is 393. The average Bonchev–Trinajstić information content (AvgIpc) is 2.23. The van der Waals surface area contributed by atoms with E-state index in [1.54, 1.807) is 6.20 Å². The SMILES string of the molecule is Cc1cnc(C)c(NC(C)CCCC(=O)O)n1. The highest BCUT2D eigenvalue weighted by Gasteiger charge is 2.07. The van der Waals surface area contributed by atoms with Crippen LogP contribution in [0.15, 0.2) is 6.20 Å². The maximum Gasteiger partial charge on any atom is 0.303 e. The Morgan fingerprint density at radius 1 is 1.53 bits per heavy atom. The van der Waals surface area contributed by atoms with Gasteiger partial charge in [-0.1, -0.05) is 0 Å². The van der Waals surface area contributed by atoms with Gasteiger partial charge in [0.15, 0.2) is 0 Å². The lowest BCUT2D eigenvalue weighted by Gasteiger charge is -2.15. The number of nitrogens with zero attached hydrogens (tertiary/aromatic N) is 2. The van der Waals surface area contributed by atoms with Crippen molar-refractivity contribution >= 4 is 11.8 Å². The first-order valence-electron chi connectivity index (χ1n) is 5.77. The smallest absolute Gasteiger partial charge is 0.303 e. The molecule has 0 radical (unpaired) electrons. The van der Waals surface area contributed by atoms with Gasteiger partial charge in [-0.15, -0.1) is 0 Å². The molecule has 2 N–H and O–H groups in total. The summed E-state index contributed by atoms with van der Waals surface area (Å²) in [5.41, 5.74) is 1.73. The molecule has 1 heterocycles. The summed E-state index contributed by atoms with van der Waals surface area (Å²) in [5.74, 6) is 0.0385. The quantitative estimate of drug-likeness (QED) is 0.793. The minimum Gasteiger partial charge on any atom is -0.481 e. The molecule has 0 spiro atoms. The zero-order valence-electron chi connectivity index (χ0n) is 10.5. The molecule has 1 rings (SSSR count). The van der Waals surface area contributed by atoms with Crippen molar-refractivity contribution in [2.45, 2.75) is 46.1 Å². The molecule has 0 saturated heterocycles. The van der Waals surface area contributed by atoms with E-state index in [4.69, 9.17) is 5.11 Å². The van der Waals surface area contributed by atoms with Crippen LogP contribution in [-0.4, -0.2) is 27.1 Å². The molecule has 1 aromatic rings. The zero-order chi connectivity index (χ0) is 12.8. The second-order valence-corrected chi connectivity index (χ2v) is 4.28. The predicted molar refractivity (Wildman–Crippen MR) is 66.1 cm³/mol. The second kappa shape index (κ2) is 6.18. The summed E-state index contributed by atoms with van der Waals surface area (Å²) in [5, 5.41) is 11.8. The highest BCUT2D eigenvalue weighted by Crippen LogP contribution is 2.12. The highest BCUT2D eigenvalue weighted by atomic mass is 16.4. The molecule has 94 valence electrons. The van der Waals surface area contributed by atoms with Crippen molar-refractivity contribution < 1.29 is 9.90 Å². The number of nitrogens with one attached hydrogen (secondary N) is 1. The largest absolute Gasteiger partial charge is 0.481 e. The van der Waals surface area contributed by atoms with Crippen LogP contribution in [-0.2, 0) is 4.79 Å².